The van der Waals surface area contributed by atoms with E-state index >= 15 is 0 Å². The number of nitrogens with zero attached hydrogens (tertiary/aromatic N) is 2. The van der Waals surface area contributed by atoms with E-state index in [0.29, 0.717) is 11.8 Å². The Labute approximate surface area is 164 Å². The highest BCUT2D eigenvalue weighted by Gasteiger charge is 2.39. The molecule has 3 nitrogen and oxygen atoms in total. The van der Waals surface area contributed by atoms with E-state index in [4.69, 9.17) is 11.6 Å². The van der Waals surface area contributed by atoms with E-state index in [1.54, 1.807) is 11.8 Å². The summed E-state index contributed by atoms with van der Waals surface area (Å²) in [6.45, 7) is 3.05. The van der Waals surface area contributed by atoms with E-state index in [1.807, 2.05) is 18.2 Å². The minimum atomic E-state index is 0.0573. The smallest absolute Gasteiger partial charge is 0.234 e. The fraction of sp³-hybridized carbons (Fsp3) is 0.381. The first-order valence-electron chi connectivity index (χ1n) is 9.16. The van der Waals surface area contributed by atoms with Crippen molar-refractivity contribution in [3.63, 3.8) is 0 Å². The fourth-order valence-corrected chi connectivity index (χ4v) is 5.53. The second-order valence-corrected chi connectivity index (χ2v) is 8.45. The summed E-state index contributed by atoms with van der Waals surface area (Å²) in [4.78, 5) is 17.2. The van der Waals surface area contributed by atoms with Crippen molar-refractivity contribution in [1.29, 1.82) is 0 Å². The molecule has 2 aliphatic heterocycles. The van der Waals surface area contributed by atoms with Gasteiger partial charge in [0.25, 0.3) is 0 Å². The molecule has 1 unspecified atom stereocenters. The third kappa shape index (κ3) is 3.78. The number of likely N-dealkylation sites (tertiary alicyclic amines) is 1. The van der Waals surface area contributed by atoms with Crippen LogP contribution in [-0.2, 0) is 11.3 Å². The first-order valence-corrected chi connectivity index (χ1v) is 10.6. The second kappa shape index (κ2) is 8.03. The minimum Gasteiger partial charge on any atom is -0.323 e. The van der Waals surface area contributed by atoms with Crippen LogP contribution in [0.1, 0.15) is 29.3 Å². The lowest BCUT2D eigenvalue weighted by Crippen LogP contribution is -2.46. The Morgan fingerprint density at radius 3 is 2.42 bits per heavy atom. The van der Waals surface area contributed by atoms with Crippen LogP contribution < -0.4 is 0 Å². The summed E-state index contributed by atoms with van der Waals surface area (Å²) in [5, 5.41) is 0.813. The lowest BCUT2D eigenvalue weighted by molar-refractivity contribution is -0.131. The molecule has 2 saturated heterocycles. The normalized spacial score (nSPS) is 22.1. The Kier molecular flexibility index (Phi) is 5.53. The topological polar surface area (TPSA) is 23.6 Å². The van der Waals surface area contributed by atoms with E-state index in [2.05, 4.69) is 46.2 Å². The quantitative estimate of drug-likeness (QED) is 0.768. The minimum absolute atomic E-state index is 0.0573. The van der Waals surface area contributed by atoms with Crippen LogP contribution in [0.5, 0.6) is 0 Å². The predicted molar refractivity (Wildman–Crippen MR) is 108 cm³/mol. The van der Waals surface area contributed by atoms with Crippen molar-refractivity contribution >= 4 is 29.3 Å². The predicted octanol–water partition coefficient (Wildman–Crippen LogP) is 4.58. The van der Waals surface area contributed by atoms with Crippen molar-refractivity contribution < 1.29 is 4.79 Å². The molecule has 0 bridgehead atoms. The Balaban J connectivity index is 1.42. The van der Waals surface area contributed by atoms with Gasteiger partial charge in [-0.25, -0.2) is 0 Å². The zero-order valence-corrected chi connectivity index (χ0v) is 16.3. The molecule has 136 valence electrons. The molecule has 2 aliphatic rings. The van der Waals surface area contributed by atoms with Gasteiger partial charge in [0.05, 0.1) is 5.75 Å². The third-order valence-electron chi connectivity index (χ3n) is 5.28. The summed E-state index contributed by atoms with van der Waals surface area (Å²) in [6, 6.07) is 18.8. The fourth-order valence-electron chi connectivity index (χ4n) is 3.94. The van der Waals surface area contributed by atoms with Crippen molar-refractivity contribution in [2.45, 2.75) is 30.8 Å². The number of halogens is 1. The Bertz CT molecular complexity index is 762. The van der Waals surface area contributed by atoms with Gasteiger partial charge in [0.1, 0.15) is 5.37 Å². The monoisotopic (exact) mass is 386 g/mol. The molecule has 1 atom stereocenters. The standard InChI is InChI=1S/C21H23ClN2OS/c22-19-9-5-4-8-18(19)21-24(20(25)15-26-21)17-10-12-23(13-11-17)14-16-6-2-1-3-7-16/h1-9,17,21H,10-15H2. The van der Waals surface area contributed by atoms with Crippen LogP contribution in [0, 0.1) is 0 Å². The zero-order valence-electron chi connectivity index (χ0n) is 14.7. The van der Waals surface area contributed by atoms with Crippen LogP contribution in [0.2, 0.25) is 5.02 Å². The number of benzene rings is 2. The van der Waals surface area contributed by atoms with E-state index in [1.165, 1.54) is 5.56 Å². The Morgan fingerprint density at radius 1 is 1.00 bits per heavy atom. The molecule has 0 saturated carbocycles. The molecule has 26 heavy (non-hydrogen) atoms. The molecule has 5 heteroatoms. The Morgan fingerprint density at radius 2 is 1.69 bits per heavy atom. The molecule has 2 heterocycles. The molecule has 0 spiro atoms. The van der Waals surface area contributed by atoms with Gasteiger partial charge in [0.2, 0.25) is 5.91 Å². The average molecular weight is 387 g/mol. The van der Waals surface area contributed by atoms with Gasteiger partial charge in [-0.1, -0.05) is 60.1 Å². The number of amides is 1. The summed E-state index contributed by atoms with van der Waals surface area (Å²) in [5.41, 5.74) is 2.42. The van der Waals surface area contributed by atoms with E-state index in [0.717, 1.165) is 43.1 Å². The number of hydrogen-bond donors (Lipinski definition) is 0. The average Bonchev–Trinajstić information content (AvgIpc) is 3.05. The highest BCUT2D eigenvalue weighted by atomic mass is 35.5. The van der Waals surface area contributed by atoms with Crippen LogP contribution >= 0.6 is 23.4 Å². The number of carbonyl (C=O) groups is 1. The van der Waals surface area contributed by atoms with Gasteiger partial charge < -0.3 is 4.90 Å². The third-order valence-corrected chi connectivity index (χ3v) is 6.83. The molecule has 2 aromatic rings. The first-order chi connectivity index (χ1) is 12.7. The van der Waals surface area contributed by atoms with E-state index < -0.39 is 0 Å². The maximum Gasteiger partial charge on any atom is 0.234 e. The molecule has 0 radical (unpaired) electrons. The SMILES string of the molecule is O=C1CSC(c2ccccc2Cl)N1C1CCN(Cc2ccccc2)CC1. The number of piperidine rings is 1. The lowest BCUT2D eigenvalue weighted by atomic mass is 10.0. The van der Waals surface area contributed by atoms with E-state index in [9.17, 15) is 4.79 Å². The van der Waals surface area contributed by atoms with Gasteiger partial charge in [0.15, 0.2) is 0 Å². The van der Waals surface area contributed by atoms with Gasteiger partial charge in [-0.2, -0.15) is 0 Å². The van der Waals surface area contributed by atoms with Gasteiger partial charge >= 0.3 is 0 Å². The number of rotatable bonds is 4. The molecule has 0 N–H and O–H groups in total. The molecule has 1 amide bonds. The Hall–Kier alpha value is -1.49. The number of hydrogen-bond acceptors (Lipinski definition) is 3. The van der Waals surface area contributed by atoms with Crippen LogP contribution in [-0.4, -0.2) is 40.6 Å². The lowest BCUT2D eigenvalue weighted by Gasteiger charge is -2.39. The van der Waals surface area contributed by atoms with Crippen LogP contribution in [0.15, 0.2) is 54.6 Å². The molecule has 0 aliphatic carbocycles. The van der Waals surface area contributed by atoms with Gasteiger partial charge in [-0.3, -0.25) is 9.69 Å². The van der Waals surface area contributed by atoms with Crippen molar-refractivity contribution in [1.82, 2.24) is 9.80 Å². The molecule has 4 rings (SSSR count). The number of thioether (sulfide) groups is 1. The van der Waals surface area contributed by atoms with Crippen LogP contribution in [0.4, 0.5) is 0 Å². The van der Waals surface area contributed by atoms with Crippen LogP contribution in [0.3, 0.4) is 0 Å². The molecule has 0 aromatic heterocycles. The summed E-state index contributed by atoms with van der Waals surface area (Å²) in [5.74, 6) is 0.807. The summed E-state index contributed by atoms with van der Waals surface area (Å²) in [6.07, 6.45) is 2.06. The molecule has 2 aromatic carbocycles. The highest BCUT2D eigenvalue weighted by molar-refractivity contribution is 8.00. The maximum absolute atomic E-state index is 12.6. The first kappa shape index (κ1) is 17.9. The largest absolute Gasteiger partial charge is 0.323 e. The second-order valence-electron chi connectivity index (χ2n) is 6.98. The summed E-state index contributed by atoms with van der Waals surface area (Å²) < 4.78 is 0. The van der Waals surface area contributed by atoms with Crippen LogP contribution in [0.25, 0.3) is 0 Å². The molecule has 2 fully saturated rings. The molecular weight excluding hydrogens is 364 g/mol. The van der Waals surface area contributed by atoms with E-state index in [-0.39, 0.29) is 11.3 Å². The van der Waals surface area contributed by atoms with Crippen molar-refractivity contribution in [2.75, 3.05) is 18.8 Å². The summed E-state index contributed by atoms with van der Waals surface area (Å²) in [7, 11) is 0. The van der Waals surface area contributed by atoms with Gasteiger partial charge in [-0.15, -0.1) is 11.8 Å². The summed E-state index contributed by atoms with van der Waals surface area (Å²) >= 11 is 8.11. The van der Waals surface area contributed by atoms with Gasteiger partial charge in [0, 0.05) is 36.3 Å². The van der Waals surface area contributed by atoms with Crippen molar-refractivity contribution in [2.24, 2.45) is 0 Å². The number of carbonyl (C=O) groups excluding carboxylic acids is 1. The van der Waals surface area contributed by atoms with Gasteiger partial charge in [-0.05, 0) is 24.5 Å². The highest BCUT2D eigenvalue weighted by Crippen LogP contribution is 2.43. The van der Waals surface area contributed by atoms with Crippen molar-refractivity contribution in [3.8, 4) is 0 Å². The van der Waals surface area contributed by atoms with Crippen molar-refractivity contribution in [3.05, 3.63) is 70.7 Å². The molecular formula is C21H23ClN2OS. The zero-order chi connectivity index (χ0) is 17.9. The maximum atomic E-state index is 12.6.